The molecule has 1 aliphatic heterocycles. The molecule has 1 aromatic carbocycles. The third-order valence-electron chi connectivity index (χ3n) is 7.61. The average molecular weight is 515 g/mol. The number of aromatic nitrogens is 3. The number of pyridine rings is 2. The lowest BCUT2D eigenvalue weighted by atomic mass is 9.95. The lowest BCUT2D eigenvalue weighted by Crippen LogP contribution is -2.16. The molecule has 1 amide bonds. The molecule has 0 bridgehead atoms. The monoisotopic (exact) mass is 514 g/mol. The zero-order valence-electron chi connectivity index (χ0n) is 21.8. The highest BCUT2D eigenvalue weighted by Crippen LogP contribution is 2.39. The number of ether oxygens (including phenoxy) is 1. The highest BCUT2D eigenvalue weighted by Gasteiger charge is 2.29. The maximum Gasteiger partial charge on any atom is 0.254 e. The number of fused-ring (bicyclic) bond motifs is 2. The fourth-order valence-corrected chi connectivity index (χ4v) is 5.80. The molecule has 38 heavy (non-hydrogen) atoms. The van der Waals surface area contributed by atoms with E-state index in [1.54, 1.807) is 19.5 Å². The molecular weight excluding hydrogens is 483 g/mol. The summed E-state index contributed by atoms with van der Waals surface area (Å²) < 4.78 is 21.1. The summed E-state index contributed by atoms with van der Waals surface area (Å²) in [7, 11) is 5.87. The molecule has 0 spiro atoms. The zero-order valence-corrected chi connectivity index (χ0v) is 21.8. The summed E-state index contributed by atoms with van der Waals surface area (Å²) in [5.41, 5.74) is 6.70. The number of nitrogens with zero attached hydrogens (tertiary/aromatic N) is 4. The summed E-state index contributed by atoms with van der Waals surface area (Å²) in [4.78, 5) is 24.4. The van der Waals surface area contributed by atoms with Crippen LogP contribution < -0.4 is 10.6 Å². The maximum absolute atomic E-state index is 13.7. The number of hydrogen-bond acceptors (Lipinski definition) is 6. The van der Waals surface area contributed by atoms with Gasteiger partial charge in [-0.25, -0.2) is 14.4 Å². The predicted molar refractivity (Wildman–Crippen MR) is 144 cm³/mol. The number of imidazole rings is 1. The molecule has 6 rings (SSSR count). The first-order chi connectivity index (χ1) is 18.4. The Kier molecular flexibility index (Phi) is 6.33. The van der Waals surface area contributed by atoms with Crippen molar-refractivity contribution in [1.29, 1.82) is 0 Å². The Hall–Kier alpha value is -3.82. The molecule has 2 atom stereocenters. The maximum atomic E-state index is 13.7. The minimum Gasteiger partial charge on any atom is -0.381 e. The number of halogens is 1. The molecule has 1 saturated carbocycles. The minimum absolute atomic E-state index is 0.133. The van der Waals surface area contributed by atoms with Crippen molar-refractivity contribution >= 4 is 23.1 Å². The van der Waals surface area contributed by atoms with Gasteiger partial charge < -0.3 is 20.3 Å². The lowest BCUT2D eigenvalue weighted by molar-refractivity contribution is 0.0966. The SMILES string of the molecule is CO[C@H]1CC[C@H](c2ccc(Nc3ccc(-c4cnc5cc(F)ccn45)c4c3C(=O)NC4)nc2CN(C)C)C1. The number of anilines is 2. The van der Waals surface area contributed by atoms with Crippen molar-refractivity contribution < 1.29 is 13.9 Å². The number of rotatable bonds is 7. The summed E-state index contributed by atoms with van der Waals surface area (Å²) in [6, 6.07) is 10.9. The number of carbonyl (C=O) groups is 1. The van der Waals surface area contributed by atoms with Gasteiger partial charge in [0, 0.05) is 38.0 Å². The Labute approximate surface area is 220 Å². The topological polar surface area (TPSA) is 83.8 Å². The van der Waals surface area contributed by atoms with Gasteiger partial charge in [0.2, 0.25) is 0 Å². The molecule has 3 aromatic heterocycles. The smallest absolute Gasteiger partial charge is 0.254 e. The second kappa shape index (κ2) is 9.81. The Morgan fingerprint density at radius 3 is 2.87 bits per heavy atom. The summed E-state index contributed by atoms with van der Waals surface area (Å²) in [5.74, 6) is 0.664. The summed E-state index contributed by atoms with van der Waals surface area (Å²) in [6.45, 7) is 1.14. The van der Waals surface area contributed by atoms with E-state index < -0.39 is 0 Å². The Morgan fingerprint density at radius 1 is 1.21 bits per heavy atom. The van der Waals surface area contributed by atoms with E-state index >= 15 is 0 Å². The number of benzene rings is 1. The van der Waals surface area contributed by atoms with Crippen LogP contribution in [0.25, 0.3) is 16.9 Å². The first kappa shape index (κ1) is 24.5. The number of amides is 1. The van der Waals surface area contributed by atoms with Crippen molar-refractivity contribution in [3.63, 3.8) is 0 Å². The van der Waals surface area contributed by atoms with Crippen LogP contribution in [0.3, 0.4) is 0 Å². The fourth-order valence-electron chi connectivity index (χ4n) is 5.80. The molecule has 4 aromatic rings. The van der Waals surface area contributed by atoms with Crippen molar-refractivity contribution in [3.8, 4) is 11.3 Å². The number of hydrogen-bond donors (Lipinski definition) is 2. The molecule has 4 heterocycles. The molecule has 1 fully saturated rings. The number of carbonyl (C=O) groups excluding carboxylic acids is 1. The van der Waals surface area contributed by atoms with Crippen LogP contribution in [0.15, 0.2) is 48.8 Å². The van der Waals surface area contributed by atoms with Gasteiger partial charge in [-0.15, -0.1) is 0 Å². The van der Waals surface area contributed by atoms with Gasteiger partial charge in [0.05, 0.1) is 34.9 Å². The summed E-state index contributed by atoms with van der Waals surface area (Å²) in [5, 5.41) is 6.37. The van der Waals surface area contributed by atoms with Crippen LogP contribution in [-0.4, -0.2) is 52.5 Å². The third kappa shape index (κ3) is 4.41. The largest absolute Gasteiger partial charge is 0.381 e. The lowest BCUT2D eigenvalue weighted by Gasteiger charge is -2.20. The first-order valence-electron chi connectivity index (χ1n) is 12.9. The van der Waals surface area contributed by atoms with Crippen molar-refractivity contribution in [2.45, 2.75) is 44.4 Å². The van der Waals surface area contributed by atoms with Crippen molar-refractivity contribution in [2.75, 3.05) is 26.5 Å². The summed E-state index contributed by atoms with van der Waals surface area (Å²) >= 11 is 0. The molecule has 0 unspecified atom stereocenters. The number of nitrogens with one attached hydrogen (secondary N) is 2. The molecular formula is C29H31FN6O2. The van der Waals surface area contributed by atoms with E-state index in [-0.39, 0.29) is 11.7 Å². The van der Waals surface area contributed by atoms with Crippen LogP contribution in [0.5, 0.6) is 0 Å². The molecule has 9 heteroatoms. The highest BCUT2D eigenvalue weighted by molar-refractivity contribution is 6.06. The van der Waals surface area contributed by atoms with Crippen molar-refractivity contribution in [2.24, 2.45) is 0 Å². The van der Waals surface area contributed by atoms with Crippen LogP contribution in [0, 0.1) is 5.82 Å². The Morgan fingerprint density at radius 2 is 2.08 bits per heavy atom. The van der Waals surface area contributed by atoms with E-state index in [4.69, 9.17) is 9.72 Å². The van der Waals surface area contributed by atoms with Gasteiger partial charge in [0.1, 0.15) is 17.3 Å². The third-order valence-corrected chi connectivity index (χ3v) is 7.61. The van der Waals surface area contributed by atoms with E-state index in [0.717, 1.165) is 48.3 Å². The van der Waals surface area contributed by atoms with Gasteiger partial charge in [-0.3, -0.25) is 9.20 Å². The van der Waals surface area contributed by atoms with Gasteiger partial charge in [-0.05, 0) is 68.6 Å². The molecule has 196 valence electrons. The Bertz CT molecular complexity index is 1530. The van der Waals surface area contributed by atoms with Crippen LogP contribution in [0.2, 0.25) is 0 Å². The standard InChI is InChI=1S/C29H31FN6O2/c1-35(2)16-24-20(17-4-5-19(12-17)38-3)7-9-26(34-24)33-23-8-6-21(22-14-32-29(37)28(22)23)25-15-31-27-13-18(30)10-11-36(25)27/h6-11,13,15,17,19H,4-5,12,14,16H2,1-3H3,(H,32,37)(H,33,34)/t17-,19-/m0/s1. The Balaban J connectivity index is 1.35. The van der Waals surface area contributed by atoms with Crippen LogP contribution in [0.1, 0.15) is 52.4 Å². The second-order valence-electron chi connectivity index (χ2n) is 10.4. The zero-order chi connectivity index (χ0) is 26.4. The van der Waals surface area contributed by atoms with Crippen LogP contribution in [0.4, 0.5) is 15.9 Å². The van der Waals surface area contributed by atoms with Gasteiger partial charge in [0.15, 0.2) is 0 Å². The molecule has 0 saturated heterocycles. The van der Waals surface area contributed by atoms with Gasteiger partial charge in [-0.1, -0.05) is 12.1 Å². The van der Waals surface area contributed by atoms with Gasteiger partial charge in [-0.2, -0.15) is 0 Å². The summed E-state index contributed by atoms with van der Waals surface area (Å²) in [6.07, 6.45) is 6.85. The quantitative estimate of drug-likeness (QED) is 0.366. The van der Waals surface area contributed by atoms with Gasteiger partial charge >= 0.3 is 0 Å². The van der Waals surface area contributed by atoms with E-state index in [1.165, 1.54) is 17.7 Å². The van der Waals surface area contributed by atoms with E-state index in [1.807, 2.05) is 36.7 Å². The van der Waals surface area contributed by atoms with Crippen molar-refractivity contribution in [3.05, 3.63) is 77.0 Å². The fraction of sp³-hybridized carbons (Fsp3) is 0.345. The molecule has 0 radical (unpaired) electrons. The molecule has 2 aliphatic rings. The van der Waals surface area contributed by atoms with E-state index in [2.05, 4.69) is 26.6 Å². The van der Waals surface area contributed by atoms with Crippen LogP contribution in [-0.2, 0) is 17.8 Å². The average Bonchev–Trinajstić information content (AvgIpc) is 3.63. The van der Waals surface area contributed by atoms with Crippen LogP contribution >= 0.6 is 0 Å². The molecule has 1 aliphatic carbocycles. The first-order valence-corrected chi connectivity index (χ1v) is 12.9. The van der Waals surface area contributed by atoms with E-state index in [0.29, 0.717) is 41.3 Å². The molecule has 2 N–H and O–H groups in total. The van der Waals surface area contributed by atoms with E-state index in [9.17, 15) is 9.18 Å². The predicted octanol–water partition coefficient (Wildman–Crippen LogP) is 4.87. The highest BCUT2D eigenvalue weighted by atomic mass is 19.1. The number of methoxy groups -OCH3 is 1. The van der Waals surface area contributed by atoms with Crippen molar-refractivity contribution in [1.82, 2.24) is 24.6 Å². The second-order valence-corrected chi connectivity index (χ2v) is 10.4. The minimum atomic E-state index is -0.338. The normalized spacial score (nSPS) is 18.8. The molecule has 8 nitrogen and oxygen atoms in total. The van der Waals surface area contributed by atoms with Gasteiger partial charge in [0.25, 0.3) is 5.91 Å².